The number of methoxy groups -OCH3 is 1. The minimum absolute atomic E-state index is 0.0695. The third-order valence-electron chi connectivity index (χ3n) is 3.04. The highest BCUT2D eigenvalue weighted by atomic mass is 19.4. The predicted molar refractivity (Wildman–Crippen MR) is 65.4 cm³/mol. The smallest absolute Gasteiger partial charge is 0.491 e. The van der Waals surface area contributed by atoms with Crippen LogP contribution in [0.3, 0.4) is 0 Å². The summed E-state index contributed by atoms with van der Waals surface area (Å²) in [5.41, 5.74) is -0.0695. The van der Waals surface area contributed by atoms with Crippen LogP contribution in [0.25, 0.3) is 0 Å². The highest BCUT2D eigenvalue weighted by Gasteiger charge is 2.42. The summed E-state index contributed by atoms with van der Waals surface area (Å²) in [6.45, 7) is 0.884. The van der Waals surface area contributed by atoms with Crippen molar-refractivity contribution in [1.82, 2.24) is 5.32 Å². The van der Waals surface area contributed by atoms with Crippen LogP contribution in [-0.2, 0) is 4.79 Å². The van der Waals surface area contributed by atoms with Gasteiger partial charge in [0.25, 0.3) is 0 Å². The number of carbonyl (C=O) groups excluding carboxylic acids is 2. The van der Waals surface area contributed by atoms with Crippen LogP contribution in [0.1, 0.15) is 10.4 Å². The average molecular weight is 303 g/mol. The van der Waals surface area contributed by atoms with Crippen LogP contribution in [0.15, 0.2) is 18.2 Å². The van der Waals surface area contributed by atoms with E-state index in [-0.39, 0.29) is 23.0 Å². The number of nitrogens with one attached hydrogen (secondary N) is 1. The first-order valence-electron chi connectivity index (χ1n) is 6.05. The molecule has 5 nitrogen and oxygen atoms in total. The van der Waals surface area contributed by atoms with Crippen molar-refractivity contribution in [2.75, 3.05) is 20.2 Å². The van der Waals surface area contributed by atoms with Crippen LogP contribution < -0.4 is 14.8 Å². The third-order valence-corrected chi connectivity index (χ3v) is 3.04. The van der Waals surface area contributed by atoms with Crippen molar-refractivity contribution in [1.29, 1.82) is 0 Å². The van der Waals surface area contributed by atoms with E-state index in [0.29, 0.717) is 13.1 Å². The van der Waals surface area contributed by atoms with Gasteiger partial charge in [0.2, 0.25) is 0 Å². The molecule has 1 aromatic rings. The molecule has 0 bridgehead atoms. The molecule has 0 spiro atoms. The van der Waals surface area contributed by atoms with Crippen molar-refractivity contribution >= 4 is 11.8 Å². The van der Waals surface area contributed by atoms with Crippen molar-refractivity contribution in [2.45, 2.75) is 6.18 Å². The van der Waals surface area contributed by atoms with E-state index in [1.165, 1.54) is 19.2 Å². The molecule has 1 fully saturated rings. The summed E-state index contributed by atoms with van der Waals surface area (Å²) >= 11 is 0. The van der Waals surface area contributed by atoms with Gasteiger partial charge >= 0.3 is 12.1 Å². The molecular weight excluding hydrogens is 291 g/mol. The highest BCUT2D eigenvalue weighted by molar-refractivity contribution is 6.02. The Morgan fingerprint density at radius 3 is 2.43 bits per heavy atom. The second-order valence-electron chi connectivity index (χ2n) is 4.47. The van der Waals surface area contributed by atoms with Crippen molar-refractivity contribution in [3.63, 3.8) is 0 Å². The Labute approximate surface area is 118 Å². The first-order chi connectivity index (χ1) is 9.82. The zero-order chi connectivity index (χ0) is 15.6. The number of carbonyl (C=O) groups is 2. The molecule has 0 unspecified atom stereocenters. The molecule has 114 valence electrons. The van der Waals surface area contributed by atoms with Gasteiger partial charge in [-0.3, -0.25) is 4.79 Å². The van der Waals surface area contributed by atoms with E-state index in [0.717, 1.165) is 6.07 Å². The molecule has 0 radical (unpaired) electrons. The zero-order valence-electron chi connectivity index (χ0n) is 11.0. The molecule has 0 amide bonds. The summed E-state index contributed by atoms with van der Waals surface area (Å²) in [5, 5.41) is 2.89. The molecule has 2 rings (SSSR count). The monoisotopic (exact) mass is 303 g/mol. The van der Waals surface area contributed by atoms with Crippen LogP contribution in [-0.4, -0.2) is 38.1 Å². The van der Waals surface area contributed by atoms with Gasteiger partial charge in [0, 0.05) is 25.1 Å². The summed E-state index contributed by atoms with van der Waals surface area (Å²) in [6, 6.07) is 3.80. The zero-order valence-corrected chi connectivity index (χ0v) is 11.0. The van der Waals surface area contributed by atoms with Gasteiger partial charge in [-0.2, -0.15) is 13.2 Å². The van der Waals surface area contributed by atoms with Crippen molar-refractivity contribution in [3.05, 3.63) is 23.8 Å². The molecule has 1 aliphatic rings. The van der Waals surface area contributed by atoms with E-state index >= 15 is 0 Å². The maximum atomic E-state index is 12.3. The number of ketones is 1. The van der Waals surface area contributed by atoms with Gasteiger partial charge in [-0.05, 0) is 12.1 Å². The minimum Gasteiger partial charge on any atom is -0.497 e. The fourth-order valence-electron chi connectivity index (χ4n) is 1.77. The summed E-state index contributed by atoms with van der Waals surface area (Å²) in [6.07, 6.45) is -5.14. The number of esters is 1. The fraction of sp³-hybridized carbons (Fsp3) is 0.385. The van der Waals surface area contributed by atoms with E-state index in [9.17, 15) is 22.8 Å². The lowest BCUT2D eigenvalue weighted by atomic mass is 9.92. The second kappa shape index (κ2) is 5.72. The Morgan fingerprint density at radius 1 is 1.29 bits per heavy atom. The van der Waals surface area contributed by atoms with Gasteiger partial charge in [0.05, 0.1) is 12.7 Å². The van der Waals surface area contributed by atoms with Gasteiger partial charge in [-0.15, -0.1) is 0 Å². The molecule has 8 heteroatoms. The van der Waals surface area contributed by atoms with Crippen LogP contribution in [0, 0.1) is 5.92 Å². The topological polar surface area (TPSA) is 64.6 Å². The third kappa shape index (κ3) is 3.33. The van der Waals surface area contributed by atoms with Crippen molar-refractivity contribution in [2.24, 2.45) is 5.92 Å². The number of halogens is 3. The number of alkyl halides is 3. The van der Waals surface area contributed by atoms with Crippen molar-refractivity contribution in [3.8, 4) is 11.5 Å². The van der Waals surface area contributed by atoms with Crippen LogP contribution in [0.5, 0.6) is 11.5 Å². The predicted octanol–water partition coefficient (Wildman–Crippen LogP) is 1.56. The average Bonchev–Trinajstić information content (AvgIpc) is 2.35. The molecule has 1 saturated heterocycles. The molecule has 1 heterocycles. The number of hydrogen-bond acceptors (Lipinski definition) is 5. The van der Waals surface area contributed by atoms with E-state index in [1.807, 2.05) is 0 Å². The van der Waals surface area contributed by atoms with E-state index in [2.05, 4.69) is 10.1 Å². The molecule has 1 N–H and O–H groups in total. The Bertz CT molecular complexity index is 567. The number of ether oxygens (including phenoxy) is 2. The molecule has 0 atom stereocenters. The maximum absolute atomic E-state index is 12.3. The summed E-state index contributed by atoms with van der Waals surface area (Å²) in [4.78, 5) is 23.1. The van der Waals surface area contributed by atoms with Crippen LogP contribution in [0.4, 0.5) is 13.2 Å². The summed E-state index contributed by atoms with van der Waals surface area (Å²) in [5.74, 6) is -3.35. The maximum Gasteiger partial charge on any atom is 0.491 e. The lowest BCUT2D eigenvalue weighted by Gasteiger charge is -2.26. The summed E-state index contributed by atoms with van der Waals surface area (Å²) in [7, 11) is 1.31. The molecule has 0 aliphatic carbocycles. The highest BCUT2D eigenvalue weighted by Crippen LogP contribution is 2.30. The second-order valence-corrected chi connectivity index (χ2v) is 4.47. The summed E-state index contributed by atoms with van der Waals surface area (Å²) < 4.78 is 46.0. The Hall–Kier alpha value is -2.09. The lowest BCUT2D eigenvalue weighted by molar-refractivity contribution is -0.189. The van der Waals surface area contributed by atoms with E-state index in [1.54, 1.807) is 0 Å². The molecular formula is C13H12F3NO4. The quantitative estimate of drug-likeness (QED) is 0.519. The Morgan fingerprint density at radius 2 is 1.95 bits per heavy atom. The number of benzene rings is 1. The van der Waals surface area contributed by atoms with Crippen molar-refractivity contribution < 1.29 is 32.2 Å². The number of rotatable bonds is 4. The van der Waals surface area contributed by atoms with Crippen LogP contribution in [0.2, 0.25) is 0 Å². The van der Waals surface area contributed by atoms with Gasteiger partial charge in [-0.25, -0.2) is 4.79 Å². The normalized spacial score (nSPS) is 15.2. The standard InChI is InChI=1S/C13H12F3NO4/c1-20-8-2-3-9(11(18)7-5-17-6-7)10(4-8)21-12(19)13(14,15)16/h2-4,7,17H,5-6H2,1H3. The van der Waals surface area contributed by atoms with Crippen LogP contribution >= 0.6 is 0 Å². The molecule has 21 heavy (non-hydrogen) atoms. The lowest BCUT2D eigenvalue weighted by Crippen LogP contribution is -2.46. The number of hydrogen-bond donors (Lipinski definition) is 1. The Balaban J connectivity index is 2.31. The largest absolute Gasteiger partial charge is 0.497 e. The first kappa shape index (κ1) is 15.3. The molecule has 0 saturated carbocycles. The molecule has 1 aliphatic heterocycles. The van der Waals surface area contributed by atoms with Gasteiger partial charge in [-0.1, -0.05) is 0 Å². The Kier molecular flexibility index (Phi) is 4.17. The van der Waals surface area contributed by atoms with E-state index in [4.69, 9.17) is 4.74 Å². The van der Waals surface area contributed by atoms with Gasteiger partial charge in [0.15, 0.2) is 5.78 Å². The minimum atomic E-state index is -5.14. The number of Topliss-reactive ketones (excluding diaryl/α,β-unsaturated/α-hetero) is 1. The SMILES string of the molecule is COc1ccc(C(=O)C2CNC2)c(OC(=O)C(F)(F)F)c1. The van der Waals surface area contributed by atoms with E-state index < -0.39 is 17.9 Å². The first-order valence-corrected chi connectivity index (χ1v) is 6.05. The van der Waals surface area contributed by atoms with Gasteiger partial charge < -0.3 is 14.8 Å². The fourth-order valence-corrected chi connectivity index (χ4v) is 1.77. The molecule has 0 aromatic heterocycles. The molecule has 1 aromatic carbocycles. The van der Waals surface area contributed by atoms with Gasteiger partial charge in [0.1, 0.15) is 11.5 Å².